The van der Waals surface area contributed by atoms with Crippen LogP contribution in [0.5, 0.6) is 0 Å². The van der Waals surface area contributed by atoms with Crippen molar-refractivity contribution in [3.8, 4) is 6.19 Å². The topological polar surface area (TPSA) is 114 Å². The number of likely N-dealkylation sites (tertiary alicyclic amines) is 2. The van der Waals surface area contributed by atoms with Gasteiger partial charge in [0, 0.05) is 30.7 Å². The van der Waals surface area contributed by atoms with E-state index in [0.717, 1.165) is 48.1 Å². The van der Waals surface area contributed by atoms with E-state index in [1.165, 1.54) is 5.56 Å². The molecule has 9 heteroatoms. The van der Waals surface area contributed by atoms with E-state index in [9.17, 15) is 14.9 Å². The highest BCUT2D eigenvalue weighted by Gasteiger charge is 2.31. The second-order valence-electron chi connectivity index (χ2n) is 10.3. The summed E-state index contributed by atoms with van der Waals surface area (Å²) in [7, 11) is 0. The molecule has 0 spiro atoms. The first kappa shape index (κ1) is 26.3. The number of nitriles is 1. The highest BCUT2D eigenvalue weighted by molar-refractivity contribution is 5.98. The summed E-state index contributed by atoms with van der Waals surface area (Å²) in [5.41, 5.74) is 2.81. The van der Waals surface area contributed by atoms with Crippen molar-refractivity contribution < 1.29 is 14.0 Å². The number of hydrogen-bond acceptors (Lipinski definition) is 5. The average molecular weight is 527 g/mol. The van der Waals surface area contributed by atoms with Crippen LogP contribution in [0.3, 0.4) is 0 Å². The number of amides is 2. The third kappa shape index (κ3) is 6.40. The molecule has 2 aromatic carbocycles. The standard InChI is InChI=1S/C30H34N6O3/c1-21-17-24-18-25(10-11-27(24)39-21)33-30(32-20-31)34-26-9-5-6-14-36(29(26)38)19-28(37)35-15-12-23(13-16-35)22-7-3-2-4-8-22/h2-4,7-8,10-11,17-18,23,26H,5-6,9,12-16,19H2,1H3,(H2,32,33,34)/t26-/m0/s1. The van der Waals surface area contributed by atoms with Gasteiger partial charge in [0.05, 0.1) is 6.54 Å². The number of piperidine rings is 1. The minimum atomic E-state index is -0.674. The van der Waals surface area contributed by atoms with Gasteiger partial charge in [-0.1, -0.05) is 30.3 Å². The van der Waals surface area contributed by atoms with E-state index < -0.39 is 6.04 Å². The fourth-order valence-electron chi connectivity index (χ4n) is 5.51. The van der Waals surface area contributed by atoms with Crippen LogP contribution in [-0.2, 0) is 9.59 Å². The Bertz CT molecular complexity index is 1380. The molecule has 1 atom stereocenters. The number of hydrogen-bond donors (Lipinski definition) is 2. The summed E-state index contributed by atoms with van der Waals surface area (Å²) in [5.74, 6) is 1.28. The fourth-order valence-corrected chi connectivity index (χ4v) is 5.51. The average Bonchev–Trinajstić information content (AvgIpc) is 3.24. The highest BCUT2D eigenvalue weighted by atomic mass is 16.3. The molecule has 0 bridgehead atoms. The number of nitrogens with zero attached hydrogens (tertiary/aromatic N) is 4. The van der Waals surface area contributed by atoms with Crippen LogP contribution in [0, 0.1) is 18.4 Å². The number of anilines is 1. The van der Waals surface area contributed by atoms with Crippen molar-refractivity contribution in [2.24, 2.45) is 4.99 Å². The molecular weight excluding hydrogens is 492 g/mol. The summed E-state index contributed by atoms with van der Waals surface area (Å²) in [5, 5.41) is 15.9. The Morgan fingerprint density at radius 3 is 2.64 bits per heavy atom. The normalized spacial score (nSPS) is 19.0. The first-order chi connectivity index (χ1) is 19.0. The third-order valence-electron chi connectivity index (χ3n) is 7.56. The van der Waals surface area contributed by atoms with Crippen LogP contribution in [0.4, 0.5) is 5.69 Å². The van der Waals surface area contributed by atoms with Gasteiger partial charge in [0.2, 0.25) is 17.8 Å². The molecule has 2 saturated heterocycles. The Kier molecular flexibility index (Phi) is 8.11. The number of carbonyl (C=O) groups excluding carboxylic acids is 2. The quantitative estimate of drug-likeness (QED) is 0.221. The highest BCUT2D eigenvalue weighted by Crippen LogP contribution is 2.28. The second-order valence-corrected chi connectivity index (χ2v) is 10.3. The summed E-state index contributed by atoms with van der Waals surface area (Å²) in [6.07, 6.45) is 5.94. The summed E-state index contributed by atoms with van der Waals surface area (Å²) in [6, 6.07) is 17.3. The van der Waals surface area contributed by atoms with Crippen LogP contribution in [-0.4, -0.2) is 59.8 Å². The maximum Gasteiger partial charge on any atom is 0.247 e. The zero-order valence-corrected chi connectivity index (χ0v) is 22.2. The summed E-state index contributed by atoms with van der Waals surface area (Å²) >= 11 is 0. The van der Waals surface area contributed by atoms with Crippen molar-refractivity contribution in [3.63, 3.8) is 0 Å². The smallest absolute Gasteiger partial charge is 0.247 e. The summed E-state index contributed by atoms with van der Waals surface area (Å²) < 4.78 is 5.63. The van der Waals surface area contributed by atoms with Gasteiger partial charge in [0.1, 0.15) is 17.4 Å². The minimum Gasteiger partial charge on any atom is -0.461 e. The number of rotatable bonds is 5. The van der Waals surface area contributed by atoms with Crippen LogP contribution in [0.2, 0.25) is 0 Å². The molecular formula is C30H34N6O3. The molecule has 3 aromatic rings. The fraction of sp³-hybridized carbons (Fsp3) is 0.400. The Hall–Kier alpha value is -4.32. The van der Waals surface area contributed by atoms with E-state index in [4.69, 9.17) is 4.42 Å². The van der Waals surface area contributed by atoms with E-state index in [1.807, 2.05) is 48.3 Å². The molecule has 9 nitrogen and oxygen atoms in total. The Balaban J connectivity index is 1.23. The van der Waals surface area contributed by atoms with Crippen LogP contribution in [0.1, 0.15) is 49.3 Å². The maximum atomic E-state index is 13.5. The predicted octanol–water partition coefficient (Wildman–Crippen LogP) is 4.37. The lowest BCUT2D eigenvalue weighted by molar-refractivity contribution is -0.141. The summed E-state index contributed by atoms with van der Waals surface area (Å²) in [6.45, 7) is 3.87. The molecule has 39 heavy (non-hydrogen) atoms. The van der Waals surface area contributed by atoms with Gasteiger partial charge < -0.3 is 19.5 Å². The molecule has 0 radical (unpaired) electrons. The number of aryl methyl sites for hydroxylation is 1. The number of furan rings is 1. The van der Waals surface area contributed by atoms with Gasteiger partial charge >= 0.3 is 0 Å². The first-order valence-corrected chi connectivity index (χ1v) is 13.6. The molecule has 0 saturated carbocycles. The molecule has 1 aromatic heterocycles. The summed E-state index contributed by atoms with van der Waals surface area (Å²) in [4.78, 5) is 34.7. The van der Waals surface area contributed by atoms with Gasteiger partial charge in [-0.25, -0.2) is 4.99 Å². The number of benzene rings is 2. The maximum absolute atomic E-state index is 13.5. The molecule has 0 aliphatic carbocycles. The lowest BCUT2D eigenvalue weighted by Crippen LogP contribution is -2.47. The zero-order chi connectivity index (χ0) is 27.2. The van der Waals surface area contributed by atoms with Crippen molar-refractivity contribution in [1.82, 2.24) is 15.1 Å². The van der Waals surface area contributed by atoms with Gasteiger partial charge in [-0.3, -0.25) is 14.9 Å². The van der Waals surface area contributed by atoms with Crippen LogP contribution >= 0.6 is 0 Å². The van der Waals surface area contributed by atoms with Gasteiger partial charge in [-0.05, 0) is 74.8 Å². The van der Waals surface area contributed by atoms with E-state index in [2.05, 4.69) is 39.9 Å². The number of nitrogens with one attached hydrogen (secondary N) is 2. The zero-order valence-electron chi connectivity index (χ0n) is 22.2. The predicted molar refractivity (Wildman–Crippen MR) is 150 cm³/mol. The Morgan fingerprint density at radius 1 is 1.08 bits per heavy atom. The molecule has 2 amide bonds. The van der Waals surface area contributed by atoms with Crippen LogP contribution in [0.15, 0.2) is 64.0 Å². The van der Waals surface area contributed by atoms with Crippen molar-refractivity contribution in [2.75, 3.05) is 31.5 Å². The lowest BCUT2D eigenvalue weighted by Gasteiger charge is -2.34. The molecule has 2 fully saturated rings. The van der Waals surface area contributed by atoms with E-state index in [1.54, 1.807) is 4.90 Å². The SMILES string of the molecule is Cc1cc2cc(NC(=N[C@H]3CCCCN(CC(=O)N4CCC(c5ccccc5)CC4)C3=O)NC#N)ccc2o1. The Morgan fingerprint density at radius 2 is 1.87 bits per heavy atom. The van der Waals surface area contributed by atoms with Gasteiger partial charge in [0.25, 0.3) is 0 Å². The van der Waals surface area contributed by atoms with Crippen LogP contribution in [0.25, 0.3) is 11.0 Å². The number of carbonyl (C=O) groups is 2. The molecule has 0 unspecified atom stereocenters. The molecule has 5 rings (SSSR count). The van der Waals surface area contributed by atoms with E-state index in [0.29, 0.717) is 32.0 Å². The van der Waals surface area contributed by atoms with Gasteiger partial charge in [0.15, 0.2) is 6.19 Å². The lowest BCUT2D eigenvalue weighted by atomic mass is 9.89. The molecule has 2 N–H and O–H groups in total. The molecule has 2 aliphatic heterocycles. The van der Waals surface area contributed by atoms with Crippen LogP contribution < -0.4 is 10.6 Å². The molecule has 202 valence electrons. The molecule has 3 heterocycles. The second kappa shape index (κ2) is 12.0. The third-order valence-corrected chi connectivity index (χ3v) is 7.56. The van der Waals surface area contributed by atoms with E-state index in [-0.39, 0.29) is 24.3 Å². The first-order valence-electron chi connectivity index (χ1n) is 13.6. The van der Waals surface area contributed by atoms with E-state index >= 15 is 0 Å². The molecule has 2 aliphatic rings. The van der Waals surface area contributed by atoms with Crippen molar-refractivity contribution in [1.29, 1.82) is 5.26 Å². The largest absolute Gasteiger partial charge is 0.461 e. The van der Waals surface area contributed by atoms with Gasteiger partial charge in [-0.15, -0.1) is 0 Å². The minimum absolute atomic E-state index is 0.0169. The van der Waals surface area contributed by atoms with Crippen molar-refractivity contribution >= 4 is 34.4 Å². The van der Waals surface area contributed by atoms with Crippen molar-refractivity contribution in [3.05, 3.63) is 65.9 Å². The number of fused-ring (bicyclic) bond motifs is 1. The Labute approximate surface area is 228 Å². The number of aliphatic imine (C=N–C) groups is 1. The number of guanidine groups is 1. The monoisotopic (exact) mass is 526 g/mol. The van der Waals surface area contributed by atoms with Crippen molar-refractivity contribution in [2.45, 2.75) is 51.0 Å². The van der Waals surface area contributed by atoms with Gasteiger partial charge in [-0.2, -0.15) is 5.26 Å².